The van der Waals surface area contributed by atoms with Crippen LogP contribution in [0.4, 0.5) is 24.8 Å². The van der Waals surface area contributed by atoms with Crippen molar-refractivity contribution in [3.63, 3.8) is 0 Å². The first-order chi connectivity index (χ1) is 16.1. The Morgan fingerprint density at radius 2 is 1.88 bits per heavy atom. The van der Waals surface area contributed by atoms with Crippen LogP contribution in [0, 0.1) is 6.92 Å². The zero-order valence-corrected chi connectivity index (χ0v) is 19.4. The molecule has 34 heavy (non-hydrogen) atoms. The molecular formula is C23H24F3N5O2S. The summed E-state index contributed by atoms with van der Waals surface area (Å²) in [6.45, 7) is 6.06. The van der Waals surface area contributed by atoms with E-state index in [-0.39, 0.29) is 28.0 Å². The molecule has 0 unspecified atom stereocenters. The molecule has 1 aromatic carbocycles. The van der Waals surface area contributed by atoms with Gasteiger partial charge in [-0.1, -0.05) is 24.3 Å². The van der Waals surface area contributed by atoms with Gasteiger partial charge in [-0.2, -0.15) is 13.2 Å². The third kappa shape index (κ3) is 5.00. The molecule has 3 heterocycles. The maximum Gasteiger partial charge on any atom is 0.418 e. The number of halogens is 3. The van der Waals surface area contributed by atoms with Gasteiger partial charge in [-0.25, -0.2) is 18.4 Å². The van der Waals surface area contributed by atoms with Gasteiger partial charge < -0.3 is 10.2 Å². The van der Waals surface area contributed by atoms with Gasteiger partial charge >= 0.3 is 6.18 Å². The minimum absolute atomic E-state index is 0.113. The van der Waals surface area contributed by atoms with E-state index in [2.05, 4.69) is 24.9 Å². The largest absolute Gasteiger partial charge is 0.418 e. The van der Waals surface area contributed by atoms with Gasteiger partial charge in [0, 0.05) is 37.4 Å². The van der Waals surface area contributed by atoms with Crippen LogP contribution in [0.3, 0.4) is 0 Å². The van der Waals surface area contributed by atoms with Crippen molar-refractivity contribution in [2.24, 2.45) is 0 Å². The van der Waals surface area contributed by atoms with E-state index in [1.165, 1.54) is 18.3 Å². The highest BCUT2D eigenvalue weighted by Crippen LogP contribution is 2.38. The van der Waals surface area contributed by atoms with Crippen LogP contribution in [-0.4, -0.2) is 44.1 Å². The van der Waals surface area contributed by atoms with E-state index in [9.17, 15) is 21.6 Å². The van der Waals surface area contributed by atoms with Crippen molar-refractivity contribution in [3.05, 3.63) is 65.9 Å². The molecule has 1 fully saturated rings. The first-order valence-corrected chi connectivity index (χ1v) is 12.1. The Morgan fingerprint density at radius 1 is 1.12 bits per heavy atom. The van der Waals surface area contributed by atoms with E-state index in [1.54, 1.807) is 31.2 Å². The monoisotopic (exact) mass is 491 g/mol. The molecule has 2 N–H and O–H groups in total. The summed E-state index contributed by atoms with van der Waals surface area (Å²) in [5.41, 5.74) is -0.428. The average Bonchev–Trinajstić information content (AvgIpc) is 2.79. The SMILES string of the molecule is Cc1ccccc1-c1nc(NS(=O)(=O)c2ccc(N3CCNC[C@@H]3C)nc2)ccc1C(F)(F)F. The summed E-state index contributed by atoms with van der Waals surface area (Å²) in [6, 6.07) is 11.6. The fraction of sp³-hybridized carbons (Fsp3) is 0.304. The molecule has 7 nitrogen and oxygen atoms in total. The Kier molecular flexibility index (Phi) is 6.50. The zero-order valence-electron chi connectivity index (χ0n) is 18.6. The molecule has 0 bridgehead atoms. The van der Waals surface area contributed by atoms with Crippen LogP contribution in [0.25, 0.3) is 11.3 Å². The molecule has 2 aromatic heterocycles. The van der Waals surface area contributed by atoms with Crippen molar-refractivity contribution in [2.45, 2.75) is 31.0 Å². The number of hydrogen-bond acceptors (Lipinski definition) is 6. The second-order valence-corrected chi connectivity index (χ2v) is 9.79. The maximum atomic E-state index is 13.6. The summed E-state index contributed by atoms with van der Waals surface area (Å²) in [6.07, 6.45) is -3.42. The molecule has 0 aliphatic carbocycles. The van der Waals surface area contributed by atoms with Gasteiger partial charge in [-0.05, 0) is 43.7 Å². The van der Waals surface area contributed by atoms with E-state index in [0.29, 0.717) is 11.4 Å². The molecule has 180 valence electrons. The Labute approximate surface area is 196 Å². The number of anilines is 2. The first-order valence-electron chi connectivity index (χ1n) is 10.7. The number of nitrogens with one attached hydrogen (secondary N) is 2. The van der Waals surface area contributed by atoms with Crippen LogP contribution >= 0.6 is 0 Å². The summed E-state index contributed by atoms with van der Waals surface area (Å²) >= 11 is 0. The molecule has 0 amide bonds. The van der Waals surface area contributed by atoms with Crippen LogP contribution in [0.1, 0.15) is 18.1 Å². The molecule has 11 heteroatoms. The Morgan fingerprint density at radius 3 is 2.53 bits per heavy atom. The molecule has 3 aromatic rings. The van der Waals surface area contributed by atoms with E-state index >= 15 is 0 Å². The number of benzene rings is 1. The van der Waals surface area contributed by atoms with Gasteiger partial charge in [0.1, 0.15) is 16.5 Å². The van der Waals surface area contributed by atoms with Crippen LogP contribution in [0.15, 0.2) is 59.6 Å². The van der Waals surface area contributed by atoms with Crippen LogP contribution in [0.2, 0.25) is 0 Å². The minimum atomic E-state index is -4.65. The van der Waals surface area contributed by atoms with E-state index in [1.807, 2.05) is 6.92 Å². The highest BCUT2D eigenvalue weighted by molar-refractivity contribution is 7.92. The lowest BCUT2D eigenvalue weighted by molar-refractivity contribution is -0.137. The number of aromatic nitrogens is 2. The lowest BCUT2D eigenvalue weighted by Crippen LogP contribution is -2.50. The zero-order chi connectivity index (χ0) is 24.5. The van der Waals surface area contributed by atoms with Gasteiger partial charge in [-0.15, -0.1) is 0 Å². The number of pyridine rings is 2. The molecule has 0 spiro atoms. The van der Waals surface area contributed by atoms with Crippen molar-refractivity contribution in [1.29, 1.82) is 0 Å². The van der Waals surface area contributed by atoms with Crippen molar-refractivity contribution >= 4 is 21.7 Å². The summed E-state index contributed by atoms with van der Waals surface area (Å²) < 4.78 is 69.0. The number of sulfonamides is 1. The second kappa shape index (κ2) is 9.22. The van der Waals surface area contributed by atoms with Gasteiger partial charge in [0.25, 0.3) is 10.0 Å². The quantitative estimate of drug-likeness (QED) is 0.560. The van der Waals surface area contributed by atoms with Crippen LogP contribution < -0.4 is 14.9 Å². The summed E-state index contributed by atoms with van der Waals surface area (Å²) in [5, 5.41) is 3.28. The maximum absolute atomic E-state index is 13.6. The Balaban J connectivity index is 1.64. The number of alkyl halides is 3. The van der Waals surface area contributed by atoms with Crippen molar-refractivity contribution in [1.82, 2.24) is 15.3 Å². The predicted octanol–water partition coefficient (Wildman–Crippen LogP) is 4.07. The van der Waals surface area contributed by atoms with Crippen molar-refractivity contribution in [2.75, 3.05) is 29.3 Å². The van der Waals surface area contributed by atoms with Gasteiger partial charge in [0.05, 0.1) is 11.3 Å². The van der Waals surface area contributed by atoms with Gasteiger partial charge in [0.2, 0.25) is 0 Å². The lowest BCUT2D eigenvalue weighted by atomic mass is 10.0. The summed E-state index contributed by atoms with van der Waals surface area (Å²) in [4.78, 5) is 10.3. The number of rotatable bonds is 5. The smallest absolute Gasteiger partial charge is 0.351 e. The molecule has 1 saturated heterocycles. The van der Waals surface area contributed by atoms with Crippen LogP contribution in [-0.2, 0) is 16.2 Å². The predicted molar refractivity (Wildman–Crippen MR) is 124 cm³/mol. The Hall–Kier alpha value is -3.18. The molecule has 1 aliphatic rings. The minimum Gasteiger partial charge on any atom is -0.351 e. The highest BCUT2D eigenvalue weighted by Gasteiger charge is 2.35. The van der Waals surface area contributed by atoms with Crippen molar-refractivity contribution in [3.8, 4) is 11.3 Å². The fourth-order valence-corrected chi connectivity index (χ4v) is 4.81. The van der Waals surface area contributed by atoms with Crippen LogP contribution in [0.5, 0.6) is 0 Å². The first kappa shape index (κ1) is 24.0. The molecule has 1 atom stereocenters. The van der Waals surface area contributed by atoms with Crippen molar-refractivity contribution < 1.29 is 21.6 Å². The highest BCUT2D eigenvalue weighted by atomic mass is 32.2. The number of aryl methyl sites for hydroxylation is 1. The summed E-state index contributed by atoms with van der Waals surface area (Å²) in [5.74, 6) is 0.438. The normalized spacial score (nSPS) is 17.0. The third-order valence-corrected chi connectivity index (χ3v) is 7.01. The fourth-order valence-electron chi connectivity index (χ4n) is 3.87. The molecule has 0 radical (unpaired) electrons. The van der Waals surface area contributed by atoms with E-state index < -0.39 is 21.8 Å². The molecule has 1 aliphatic heterocycles. The molecule has 4 rings (SSSR count). The number of hydrogen-bond donors (Lipinski definition) is 2. The molecular weight excluding hydrogens is 467 g/mol. The molecule has 0 saturated carbocycles. The standard InChI is InChI=1S/C23H24F3N5O2S/c1-15-5-3-4-6-18(15)22-19(23(24,25)26)8-9-20(29-22)30-34(32,33)17-7-10-21(28-14-17)31-12-11-27-13-16(31)2/h3-10,14,16,27H,11-13H2,1-2H3,(H,29,30)/t16-/m0/s1. The average molecular weight is 492 g/mol. The van der Waals surface area contributed by atoms with E-state index in [4.69, 9.17) is 0 Å². The topological polar surface area (TPSA) is 87.2 Å². The number of piperazine rings is 1. The van der Waals surface area contributed by atoms with E-state index in [0.717, 1.165) is 31.8 Å². The number of nitrogens with zero attached hydrogens (tertiary/aromatic N) is 3. The summed E-state index contributed by atoms with van der Waals surface area (Å²) in [7, 11) is -4.12. The Bertz CT molecular complexity index is 1280. The van der Waals surface area contributed by atoms with Gasteiger partial charge in [0.15, 0.2) is 0 Å². The van der Waals surface area contributed by atoms with Gasteiger partial charge in [-0.3, -0.25) is 4.72 Å². The lowest BCUT2D eigenvalue weighted by Gasteiger charge is -2.34. The second-order valence-electron chi connectivity index (χ2n) is 8.11. The third-order valence-electron chi connectivity index (χ3n) is 5.67.